The quantitative estimate of drug-likeness (QED) is 0.754. The van der Waals surface area contributed by atoms with E-state index in [9.17, 15) is 18.4 Å². The number of aromatic nitrogens is 1. The largest absolute Gasteiger partial charge is 0.373 e. The second-order valence-electron chi connectivity index (χ2n) is 6.47. The Balaban J connectivity index is 1.87. The smallest absolute Gasteiger partial charge is 0.256 e. The summed E-state index contributed by atoms with van der Waals surface area (Å²) < 4.78 is 33.1. The number of amides is 1. The average Bonchev–Trinajstić information content (AvgIpc) is 2.68. The van der Waals surface area contributed by atoms with Crippen molar-refractivity contribution < 1.29 is 18.3 Å². The Hall–Kier alpha value is -3.06. The summed E-state index contributed by atoms with van der Waals surface area (Å²) in [5.41, 5.74) is 1.01. The van der Waals surface area contributed by atoms with Crippen LogP contribution in [0.15, 0.2) is 47.3 Å². The molecule has 1 aromatic heterocycles. The van der Waals surface area contributed by atoms with Crippen molar-refractivity contribution in [1.29, 1.82) is 0 Å². The Bertz CT molecular complexity index is 1100. The van der Waals surface area contributed by atoms with Gasteiger partial charge in [0.25, 0.3) is 11.5 Å². The van der Waals surface area contributed by atoms with E-state index in [4.69, 9.17) is 4.74 Å². The number of nitrogens with one attached hydrogen (secondary N) is 1. The lowest BCUT2D eigenvalue weighted by atomic mass is 9.95. The van der Waals surface area contributed by atoms with Crippen LogP contribution in [-0.4, -0.2) is 29.4 Å². The van der Waals surface area contributed by atoms with Crippen molar-refractivity contribution in [1.82, 2.24) is 9.88 Å². The fraction of sp³-hybridized carbons (Fsp3) is 0.200. The second kappa shape index (κ2) is 6.59. The number of ether oxygens (including phenoxy) is 1. The highest BCUT2D eigenvalue weighted by Crippen LogP contribution is 2.34. The maximum atomic E-state index is 13.9. The van der Waals surface area contributed by atoms with Gasteiger partial charge in [0, 0.05) is 23.9 Å². The van der Waals surface area contributed by atoms with Crippen LogP contribution < -0.4 is 5.56 Å². The molecule has 1 amide bonds. The van der Waals surface area contributed by atoms with Crippen LogP contribution in [0, 0.1) is 11.6 Å². The van der Waals surface area contributed by atoms with Crippen LogP contribution in [0.4, 0.5) is 8.78 Å². The van der Waals surface area contributed by atoms with Gasteiger partial charge in [0.2, 0.25) is 0 Å². The van der Waals surface area contributed by atoms with E-state index >= 15 is 0 Å². The highest BCUT2D eigenvalue weighted by molar-refractivity contribution is 5.95. The molecule has 0 saturated heterocycles. The molecule has 4 rings (SSSR count). The topological polar surface area (TPSA) is 62.4 Å². The van der Waals surface area contributed by atoms with E-state index in [0.717, 1.165) is 12.1 Å². The highest BCUT2D eigenvalue weighted by Gasteiger charge is 2.31. The number of nitrogens with zero attached hydrogens (tertiary/aromatic N) is 1. The zero-order valence-corrected chi connectivity index (χ0v) is 14.5. The number of aromatic amines is 1. The van der Waals surface area contributed by atoms with Crippen LogP contribution in [0.3, 0.4) is 0 Å². The van der Waals surface area contributed by atoms with Crippen molar-refractivity contribution in [2.24, 2.45) is 0 Å². The summed E-state index contributed by atoms with van der Waals surface area (Å²) in [6, 6.07) is 10.1. The maximum absolute atomic E-state index is 13.9. The molecule has 1 aliphatic rings. The highest BCUT2D eigenvalue weighted by atomic mass is 19.2. The summed E-state index contributed by atoms with van der Waals surface area (Å²) in [6.45, 7) is 0.311. The molecule has 1 aliphatic heterocycles. The minimum atomic E-state index is -1.09. The molecule has 5 nitrogen and oxygen atoms in total. The lowest BCUT2D eigenvalue weighted by Crippen LogP contribution is -2.37. The van der Waals surface area contributed by atoms with Crippen LogP contribution in [0.1, 0.15) is 27.7 Å². The molecule has 27 heavy (non-hydrogen) atoms. The number of rotatable bonds is 2. The van der Waals surface area contributed by atoms with Crippen molar-refractivity contribution in [2.75, 3.05) is 13.7 Å². The van der Waals surface area contributed by atoms with Gasteiger partial charge in [-0.15, -0.1) is 0 Å². The Morgan fingerprint density at radius 2 is 1.81 bits per heavy atom. The van der Waals surface area contributed by atoms with Gasteiger partial charge in [-0.3, -0.25) is 9.59 Å². The number of halogens is 2. The standard InChI is InChI=1S/C20H16F2N2O3/c1-24(20(26)11-5-3-2-4-6-11)17-10-27-9-16-18(17)12-7-14(21)15(22)8-13(12)19(25)23-16/h2-8,17H,9-10H2,1H3,(H,23,25). The van der Waals surface area contributed by atoms with Gasteiger partial charge in [-0.05, 0) is 29.7 Å². The number of hydrogen-bond acceptors (Lipinski definition) is 3. The van der Waals surface area contributed by atoms with E-state index in [2.05, 4.69) is 4.98 Å². The van der Waals surface area contributed by atoms with Gasteiger partial charge >= 0.3 is 0 Å². The van der Waals surface area contributed by atoms with E-state index < -0.39 is 23.2 Å². The van der Waals surface area contributed by atoms with Crippen LogP contribution in [0.25, 0.3) is 10.8 Å². The summed E-state index contributed by atoms with van der Waals surface area (Å²) >= 11 is 0. The van der Waals surface area contributed by atoms with Crippen LogP contribution in [0.2, 0.25) is 0 Å². The number of benzene rings is 2. The van der Waals surface area contributed by atoms with Gasteiger partial charge in [-0.1, -0.05) is 18.2 Å². The molecule has 0 aliphatic carbocycles. The summed E-state index contributed by atoms with van der Waals surface area (Å²) in [7, 11) is 1.62. The minimum Gasteiger partial charge on any atom is -0.373 e. The summed E-state index contributed by atoms with van der Waals surface area (Å²) in [4.78, 5) is 29.3. The first-order chi connectivity index (χ1) is 13.0. The van der Waals surface area contributed by atoms with Gasteiger partial charge in [0.05, 0.1) is 24.6 Å². The monoisotopic (exact) mass is 370 g/mol. The molecule has 0 bridgehead atoms. The molecule has 1 atom stereocenters. The third-order valence-electron chi connectivity index (χ3n) is 4.85. The molecule has 0 radical (unpaired) electrons. The van der Waals surface area contributed by atoms with Crippen molar-refractivity contribution in [3.05, 3.63) is 81.3 Å². The lowest BCUT2D eigenvalue weighted by molar-refractivity contribution is 0.0335. The third-order valence-corrected chi connectivity index (χ3v) is 4.85. The van der Waals surface area contributed by atoms with E-state index in [1.54, 1.807) is 31.3 Å². The first kappa shape index (κ1) is 17.4. The predicted molar refractivity (Wildman–Crippen MR) is 95.4 cm³/mol. The minimum absolute atomic E-state index is 0.0418. The average molecular weight is 370 g/mol. The Morgan fingerprint density at radius 3 is 2.52 bits per heavy atom. The van der Waals surface area contributed by atoms with Gasteiger partial charge in [0.1, 0.15) is 0 Å². The van der Waals surface area contributed by atoms with Crippen LogP contribution >= 0.6 is 0 Å². The molecule has 1 unspecified atom stereocenters. The summed E-state index contributed by atoms with van der Waals surface area (Å²) in [6.07, 6.45) is 0. The molecule has 2 heterocycles. The number of hydrogen-bond donors (Lipinski definition) is 1. The summed E-state index contributed by atoms with van der Waals surface area (Å²) in [5.74, 6) is -2.37. The van der Waals surface area contributed by atoms with E-state index in [-0.39, 0.29) is 29.9 Å². The molecular formula is C20H16F2N2O3. The van der Waals surface area contributed by atoms with Crippen molar-refractivity contribution in [2.45, 2.75) is 12.6 Å². The van der Waals surface area contributed by atoms with E-state index in [0.29, 0.717) is 16.8 Å². The fourth-order valence-electron chi connectivity index (χ4n) is 3.47. The van der Waals surface area contributed by atoms with Gasteiger partial charge in [-0.2, -0.15) is 0 Å². The zero-order chi connectivity index (χ0) is 19.1. The van der Waals surface area contributed by atoms with Gasteiger partial charge in [0.15, 0.2) is 11.6 Å². The Labute approximate surface area is 153 Å². The number of pyridine rings is 1. The third kappa shape index (κ3) is 2.90. The Kier molecular flexibility index (Phi) is 4.24. The zero-order valence-electron chi connectivity index (χ0n) is 14.5. The first-order valence-electron chi connectivity index (χ1n) is 8.41. The molecule has 3 aromatic rings. The molecule has 1 N–H and O–H groups in total. The second-order valence-corrected chi connectivity index (χ2v) is 6.47. The fourth-order valence-corrected chi connectivity index (χ4v) is 3.47. The van der Waals surface area contributed by atoms with E-state index in [1.165, 1.54) is 4.90 Å². The van der Waals surface area contributed by atoms with Crippen LogP contribution in [0.5, 0.6) is 0 Å². The number of fused-ring (bicyclic) bond motifs is 3. The molecular weight excluding hydrogens is 354 g/mol. The predicted octanol–water partition coefficient (Wildman–Crippen LogP) is 3.15. The van der Waals surface area contributed by atoms with Crippen LogP contribution in [-0.2, 0) is 11.3 Å². The van der Waals surface area contributed by atoms with Gasteiger partial charge < -0.3 is 14.6 Å². The molecule has 7 heteroatoms. The van der Waals surface area contributed by atoms with Gasteiger partial charge in [-0.25, -0.2) is 8.78 Å². The molecule has 2 aromatic carbocycles. The lowest BCUT2D eigenvalue weighted by Gasteiger charge is -2.34. The number of carbonyl (C=O) groups is 1. The van der Waals surface area contributed by atoms with Crippen molar-refractivity contribution in [3.63, 3.8) is 0 Å². The SMILES string of the molecule is CN(C(=O)c1ccccc1)C1COCc2[nH]c(=O)c3cc(F)c(F)cc3c21. The molecule has 0 saturated carbocycles. The molecule has 0 spiro atoms. The number of H-pyrrole nitrogens is 1. The number of carbonyl (C=O) groups excluding carboxylic acids is 1. The maximum Gasteiger partial charge on any atom is 0.256 e. The Morgan fingerprint density at radius 1 is 1.15 bits per heavy atom. The summed E-state index contributed by atoms with van der Waals surface area (Å²) in [5, 5.41) is 0.328. The first-order valence-corrected chi connectivity index (χ1v) is 8.41. The molecule has 138 valence electrons. The van der Waals surface area contributed by atoms with Crippen molar-refractivity contribution in [3.8, 4) is 0 Å². The normalized spacial score (nSPS) is 16.2. The van der Waals surface area contributed by atoms with Crippen molar-refractivity contribution >= 4 is 16.7 Å². The molecule has 0 fully saturated rings. The number of likely N-dealkylation sites (N-methyl/N-ethyl adjacent to an activating group) is 1. The van der Waals surface area contributed by atoms with E-state index in [1.807, 2.05) is 6.07 Å².